The number of rotatable bonds is 7. The van der Waals surface area contributed by atoms with Gasteiger partial charge < -0.3 is 15.1 Å². The van der Waals surface area contributed by atoms with Gasteiger partial charge in [0.15, 0.2) is 0 Å². The van der Waals surface area contributed by atoms with Gasteiger partial charge in [0.05, 0.1) is 6.26 Å². The first kappa shape index (κ1) is 16.2. The second kappa shape index (κ2) is 7.27. The van der Waals surface area contributed by atoms with Crippen LogP contribution in [-0.4, -0.2) is 24.0 Å². The van der Waals surface area contributed by atoms with Crippen LogP contribution in [0.1, 0.15) is 18.1 Å². The van der Waals surface area contributed by atoms with Gasteiger partial charge in [-0.25, -0.2) is 0 Å². The summed E-state index contributed by atoms with van der Waals surface area (Å²) in [5, 5.41) is 0.985. The number of anilines is 1. The highest BCUT2D eigenvalue weighted by molar-refractivity contribution is 5.88. The van der Waals surface area contributed by atoms with Crippen LogP contribution in [0.4, 0.5) is 5.69 Å². The van der Waals surface area contributed by atoms with E-state index in [1.54, 1.807) is 23.6 Å². The van der Waals surface area contributed by atoms with Gasteiger partial charge >= 0.3 is 0 Å². The molecule has 0 bridgehead atoms. The van der Waals surface area contributed by atoms with E-state index in [-0.39, 0.29) is 6.04 Å². The third kappa shape index (κ3) is 3.63. The number of nitrogens with two attached hydrogens (primary N) is 1. The fourth-order valence-electron chi connectivity index (χ4n) is 2.84. The lowest BCUT2D eigenvalue weighted by Crippen LogP contribution is -2.24. The first-order valence-corrected chi connectivity index (χ1v) is 8.04. The third-order valence-corrected chi connectivity index (χ3v) is 4.00. The Bertz CT molecular complexity index is 812. The molecule has 2 heterocycles. The molecule has 1 unspecified atom stereocenters. The number of carbonyl (C=O) groups is 1. The Morgan fingerprint density at radius 2 is 2.08 bits per heavy atom. The van der Waals surface area contributed by atoms with E-state index in [2.05, 4.69) is 4.98 Å². The van der Waals surface area contributed by atoms with Crippen LogP contribution in [0.15, 0.2) is 53.4 Å². The number of nitrogens with zero attached hydrogens (tertiary/aromatic N) is 2. The summed E-state index contributed by atoms with van der Waals surface area (Å²) in [5.74, 6) is 0. The molecule has 2 N–H and O–H groups in total. The molecule has 0 saturated heterocycles. The van der Waals surface area contributed by atoms with Crippen LogP contribution in [-0.2, 0) is 17.6 Å². The Balaban J connectivity index is 1.86. The zero-order valence-corrected chi connectivity index (χ0v) is 13.7. The van der Waals surface area contributed by atoms with Crippen molar-refractivity contribution in [2.75, 3.05) is 11.4 Å². The van der Waals surface area contributed by atoms with Gasteiger partial charge in [-0.1, -0.05) is 0 Å². The Kier molecular flexibility index (Phi) is 4.91. The largest absolute Gasteiger partial charge is 0.464 e. The van der Waals surface area contributed by atoms with E-state index in [1.807, 2.05) is 37.3 Å². The fourth-order valence-corrected chi connectivity index (χ4v) is 2.84. The quantitative estimate of drug-likeness (QED) is 0.679. The van der Waals surface area contributed by atoms with E-state index in [0.717, 1.165) is 40.6 Å². The highest BCUT2D eigenvalue weighted by Gasteiger charge is 2.13. The van der Waals surface area contributed by atoms with Crippen molar-refractivity contribution >= 4 is 23.1 Å². The molecule has 1 aromatic carbocycles. The minimum absolute atomic E-state index is 0.0232. The SMILES string of the molecule is CC(N)Cc1cc(N(C=O)CCc2ccncc2)cc2ccoc12. The first-order valence-electron chi connectivity index (χ1n) is 8.04. The molecule has 0 radical (unpaired) electrons. The molecule has 5 heteroatoms. The summed E-state index contributed by atoms with van der Waals surface area (Å²) < 4.78 is 5.58. The molecule has 0 aliphatic heterocycles. The molecule has 0 fully saturated rings. The Morgan fingerprint density at radius 1 is 1.29 bits per heavy atom. The zero-order valence-electron chi connectivity index (χ0n) is 13.7. The van der Waals surface area contributed by atoms with Crippen molar-refractivity contribution in [3.05, 3.63) is 60.1 Å². The Hall–Kier alpha value is -2.66. The van der Waals surface area contributed by atoms with E-state index in [1.165, 1.54) is 0 Å². The Morgan fingerprint density at radius 3 is 2.79 bits per heavy atom. The average molecular weight is 323 g/mol. The lowest BCUT2D eigenvalue weighted by atomic mass is 10.0. The smallest absolute Gasteiger partial charge is 0.214 e. The summed E-state index contributed by atoms with van der Waals surface area (Å²) in [6.07, 6.45) is 7.54. The van der Waals surface area contributed by atoms with Gasteiger partial charge in [0.2, 0.25) is 6.41 Å². The number of hydrogen-bond acceptors (Lipinski definition) is 4. The number of hydrogen-bond donors (Lipinski definition) is 1. The molecule has 24 heavy (non-hydrogen) atoms. The number of benzene rings is 1. The van der Waals surface area contributed by atoms with Gasteiger partial charge in [0.25, 0.3) is 0 Å². The number of fused-ring (bicyclic) bond motifs is 1. The maximum Gasteiger partial charge on any atom is 0.214 e. The normalized spacial score (nSPS) is 12.2. The fraction of sp³-hybridized carbons (Fsp3) is 0.263. The predicted octanol–water partition coefficient (Wildman–Crippen LogP) is 2.92. The molecule has 2 aromatic heterocycles. The molecule has 124 valence electrons. The van der Waals surface area contributed by atoms with E-state index < -0.39 is 0 Å². The average Bonchev–Trinajstić information content (AvgIpc) is 3.05. The van der Waals surface area contributed by atoms with E-state index in [0.29, 0.717) is 13.0 Å². The maximum atomic E-state index is 11.6. The second-order valence-corrected chi connectivity index (χ2v) is 6.03. The van der Waals surface area contributed by atoms with Crippen molar-refractivity contribution in [3.8, 4) is 0 Å². The zero-order chi connectivity index (χ0) is 16.9. The molecule has 3 rings (SSSR count). The molecular weight excluding hydrogens is 302 g/mol. The van der Waals surface area contributed by atoms with Gasteiger partial charge in [-0.3, -0.25) is 9.78 Å². The number of furan rings is 1. The summed E-state index contributed by atoms with van der Waals surface area (Å²) in [6.45, 7) is 2.57. The minimum atomic E-state index is 0.0232. The van der Waals surface area contributed by atoms with Gasteiger partial charge in [0.1, 0.15) is 5.58 Å². The highest BCUT2D eigenvalue weighted by atomic mass is 16.3. The monoisotopic (exact) mass is 323 g/mol. The molecule has 0 spiro atoms. The lowest BCUT2D eigenvalue weighted by Gasteiger charge is -2.19. The van der Waals surface area contributed by atoms with Crippen LogP contribution in [0.2, 0.25) is 0 Å². The minimum Gasteiger partial charge on any atom is -0.464 e. The van der Waals surface area contributed by atoms with Crippen LogP contribution in [0.5, 0.6) is 0 Å². The molecule has 0 aliphatic carbocycles. The first-order chi connectivity index (χ1) is 11.7. The summed E-state index contributed by atoms with van der Waals surface area (Å²) >= 11 is 0. The van der Waals surface area contributed by atoms with E-state index in [4.69, 9.17) is 10.2 Å². The molecule has 3 aromatic rings. The summed E-state index contributed by atoms with van der Waals surface area (Å²) in [4.78, 5) is 17.3. The highest BCUT2D eigenvalue weighted by Crippen LogP contribution is 2.28. The number of aromatic nitrogens is 1. The molecule has 5 nitrogen and oxygen atoms in total. The molecule has 1 atom stereocenters. The van der Waals surface area contributed by atoms with Crippen molar-refractivity contribution in [2.24, 2.45) is 5.73 Å². The predicted molar refractivity (Wildman–Crippen MR) is 94.9 cm³/mol. The third-order valence-electron chi connectivity index (χ3n) is 4.00. The molecule has 1 amide bonds. The standard InChI is InChI=1S/C19H21N3O2/c1-14(20)10-17-12-18(11-16-5-9-24-19(16)17)22(13-23)8-4-15-2-6-21-7-3-15/h2-3,5-7,9,11-14H,4,8,10,20H2,1H3. The molecule has 0 aliphatic rings. The number of pyridine rings is 1. The van der Waals surface area contributed by atoms with Crippen molar-refractivity contribution in [2.45, 2.75) is 25.8 Å². The summed E-state index contributed by atoms with van der Waals surface area (Å²) in [7, 11) is 0. The summed E-state index contributed by atoms with van der Waals surface area (Å²) in [6, 6.07) is 9.83. The van der Waals surface area contributed by atoms with E-state index in [9.17, 15) is 4.79 Å². The van der Waals surface area contributed by atoms with Crippen molar-refractivity contribution in [1.82, 2.24) is 4.98 Å². The Labute approximate surface area is 141 Å². The van der Waals surface area contributed by atoms with Crippen LogP contribution >= 0.6 is 0 Å². The van der Waals surface area contributed by atoms with Crippen LogP contribution in [0.25, 0.3) is 11.0 Å². The van der Waals surface area contributed by atoms with Gasteiger partial charge in [0, 0.05) is 36.1 Å². The molecular formula is C19H21N3O2. The number of carbonyl (C=O) groups excluding carboxylic acids is 1. The van der Waals surface area contributed by atoms with Gasteiger partial charge in [-0.05, 0) is 61.2 Å². The van der Waals surface area contributed by atoms with Crippen molar-refractivity contribution < 1.29 is 9.21 Å². The van der Waals surface area contributed by atoms with Gasteiger partial charge in [-0.15, -0.1) is 0 Å². The van der Waals surface area contributed by atoms with Crippen LogP contribution in [0.3, 0.4) is 0 Å². The summed E-state index contributed by atoms with van der Waals surface area (Å²) in [5.41, 5.74) is 9.83. The van der Waals surface area contributed by atoms with Crippen LogP contribution in [0, 0.1) is 0 Å². The lowest BCUT2D eigenvalue weighted by molar-refractivity contribution is -0.107. The van der Waals surface area contributed by atoms with Crippen LogP contribution < -0.4 is 10.6 Å². The maximum absolute atomic E-state index is 11.6. The van der Waals surface area contributed by atoms with Crippen molar-refractivity contribution in [3.63, 3.8) is 0 Å². The second-order valence-electron chi connectivity index (χ2n) is 6.03. The van der Waals surface area contributed by atoms with Gasteiger partial charge in [-0.2, -0.15) is 0 Å². The topological polar surface area (TPSA) is 72.4 Å². The van der Waals surface area contributed by atoms with Crippen molar-refractivity contribution in [1.29, 1.82) is 0 Å². The van der Waals surface area contributed by atoms with E-state index >= 15 is 0 Å². The number of amides is 1. The molecule has 0 saturated carbocycles.